The maximum atomic E-state index is 12.5. The lowest BCUT2D eigenvalue weighted by Crippen LogP contribution is -2.43. The van der Waals surface area contributed by atoms with Gasteiger partial charge in [0.2, 0.25) is 5.91 Å². The van der Waals surface area contributed by atoms with Crippen LogP contribution in [-0.4, -0.2) is 35.9 Å². The van der Waals surface area contributed by atoms with E-state index in [-0.39, 0.29) is 25.0 Å². The quantitative estimate of drug-likeness (QED) is 0.630. The summed E-state index contributed by atoms with van der Waals surface area (Å²) in [7, 11) is 0. The number of rotatable bonds is 5. The molecule has 0 radical (unpaired) electrons. The number of amides is 3. The van der Waals surface area contributed by atoms with E-state index in [0.717, 1.165) is 0 Å². The lowest BCUT2D eigenvalue weighted by Gasteiger charge is -2.29. The molecule has 0 spiro atoms. The van der Waals surface area contributed by atoms with Crippen LogP contribution in [0.2, 0.25) is 5.02 Å². The number of halogens is 1. The van der Waals surface area contributed by atoms with Gasteiger partial charge in [0.25, 0.3) is 11.8 Å². The number of ether oxygens (including phenoxy) is 1. The van der Waals surface area contributed by atoms with E-state index in [1.807, 2.05) is 0 Å². The van der Waals surface area contributed by atoms with Crippen molar-refractivity contribution in [3.05, 3.63) is 64.6 Å². The van der Waals surface area contributed by atoms with Gasteiger partial charge in [-0.25, -0.2) is 4.98 Å². The van der Waals surface area contributed by atoms with Crippen molar-refractivity contribution in [3.63, 3.8) is 0 Å². The summed E-state index contributed by atoms with van der Waals surface area (Å²) >= 11 is 7.33. The van der Waals surface area contributed by atoms with Crippen LogP contribution in [-0.2, 0) is 9.59 Å². The van der Waals surface area contributed by atoms with Gasteiger partial charge in [0.15, 0.2) is 11.7 Å². The molecule has 2 heterocycles. The van der Waals surface area contributed by atoms with Crippen LogP contribution in [0.3, 0.4) is 0 Å². The molecule has 0 fully saturated rings. The Labute approximate surface area is 180 Å². The maximum absolute atomic E-state index is 12.5. The Balaban J connectivity index is 1.40. The fraction of sp³-hybridized carbons (Fsp3) is 0.100. The summed E-state index contributed by atoms with van der Waals surface area (Å²) in [5.74, 6) is -0.539. The predicted molar refractivity (Wildman–Crippen MR) is 114 cm³/mol. The van der Waals surface area contributed by atoms with E-state index in [9.17, 15) is 14.4 Å². The van der Waals surface area contributed by atoms with Gasteiger partial charge in [0, 0.05) is 27.9 Å². The van der Waals surface area contributed by atoms with Crippen molar-refractivity contribution in [1.82, 2.24) is 4.98 Å². The van der Waals surface area contributed by atoms with E-state index in [2.05, 4.69) is 15.6 Å². The highest BCUT2D eigenvalue weighted by Crippen LogP contribution is 2.34. The molecule has 10 heteroatoms. The van der Waals surface area contributed by atoms with Gasteiger partial charge < -0.3 is 10.1 Å². The van der Waals surface area contributed by atoms with Gasteiger partial charge in [-0.3, -0.25) is 24.6 Å². The number of nitrogens with zero attached hydrogens (tertiary/aromatic N) is 2. The molecule has 0 aliphatic carbocycles. The fourth-order valence-corrected chi connectivity index (χ4v) is 3.54. The summed E-state index contributed by atoms with van der Waals surface area (Å²) in [5, 5.41) is 8.11. The third-order valence-corrected chi connectivity index (χ3v) is 5.17. The average Bonchev–Trinajstić information content (AvgIpc) is 3.24. The Morgan fingerprint density at radius 3 is 2.70 bits per heavy atom. The second-order valence-corrected chi connectivity index (χ2v) is 7.63. The number of nitrogens with one attached hydrogen (secondary N) is 2. The first-order chi connectivity index (χ1) is 14.5. The lowest BCUT2D eigenvalue weighted by molar-refractivity contribution is -0.123. The number of anilines is 3. The number of fused-ring (bicyclic) bond motifs is 1. The van der Waals surface area contributed by atoms with Crippen LogP contribution in [0.15, 0.2) is 54.0 Å². The first-order valence-corrected chi connectivity index (χ1v) is 10.1. The SMILES string of the molecule is O=C(CN1C(=O)COc2ccc(Cl)cc21)Nc1ccc(C(=O)Nc2nccs2)cc1. The van der Waals surface area contributed by atoms with Crippen LogP contribution in [0.1, 0.15) is 10.4 Å². The van der Waals surface area contributed by atoms with E-state index < -0.39 is 5.91 Å². The lowest BCUT2D eigenvalue weighted by atomic mass is 10.2. The Hall–Kier alpha value is -3.43. The van der Waals surface area contributed by atoms with Crippen molar-refractivity contribution >= 4 is 57.2 Å². The van der Waals surface area contributed by atoms with Crippen molar-refractivity contribution < 1.29 is 19.1 Å². The van der Waals surface area contributed by atoms with Gasteiger partial charge in [0.05, 0.1) is 5.69 Å². The minimum atomic E-state index is -0.392. The van der Waals surface area contributed by atoms with E-state index in [0.29, 0.717) is 32.8 Å². The number of carbonyl (C=O) groups is 3. The molecular formula is C20H15ClN4O4S. The molecule has 0 bridgehead atoms. The molecule has 30 heavy (non-hydrogen) atoms. The fourth-order valence-electron chi connectivity index (χ4n) is 2.85. The van der Waals surface area contributed by atoms with Crippen LogP contribution in [0.25, 0.3) is 0 Å². The summed E-state index contributed by atoms with van der Waals surface area (Å²) in [6.07, 6.45) is 1.60. The van der Waals surface area contributed by atoms with Crippen LogP contribution in [0.5, 0.6) is 5.75 Å². The minimum absolute atomic E-state index is 0.148. The van der Waals surface area contributed by atoms with Gasteiger partial charge in [-0.15, -0.1) is 11.3 Å². The zero-order valence-corrected chi connectivity index (χ0v) is 17.0. The van der Waals surface area contributed by atoms with E-state index in [4.69, 9.17) is 16.3 Å². The molecular weight excluding hydrogens is 428 g/mol. The topological polar surface area (TPSA) is 101 Å². The number of thiazole rings is 1. The summed E-state index contributed by atoms with van der Waals surface area (Å²) in [4.78, 5) is 42.2. The van der Waals surface area contributed by atoms with Crippen molar-refractivity contribution in [3.8, 4) is 5.75 Å². The zero-order valence-electron chi connectivity index (χ0n) is 15.4. The highest BCUT2D eigenvalue weighted by molar-refractivity contribution is 7.13. The van der Waals surface area contributed by atoms with Crippen LogP contribution in [0.4, 0.5) is 16.5 Å². The summed E-state index contributed by atoms with van der Waals surface area (Å²) in [6.45, 7) is -0.341. The number of hydrogen-bond acceptors (Lipinski definition) is 6. The molecule has 2 N–H and O–H groups in total. The number of hydrogen-bond donors (Lipinski definition) is 2. The van der Waals surface area contributed by atoms with Crippen LogP contribution < -0.4 is 20.3 Å². The summed E-state index contributed by atoms with van der Waals surface area (Å²) in [5.41, 5.74) is 1.37. The van der Waals surface area contributed by atoms with Gasteiger partial charge in [0.1, 0.15) is 12.3 Å². The highest BCUT2D eigenvalue weighted by Gasteiger charge is 2.27. The first-order valence-electron chi connectivity index (χ1n) is 8.83. The van der Waals surface area contributed by atoms with Crippen molar-refractivity contribution in [2.45, 2.75) is 0 Å². The van der Waals surface area contributed by atoms with Crippen LogP contribution >= 0.6 is 22.9 Å². The highest BCUT2D eigenvalue weighted by atomic mass is 35.5. The molecule has 8 nitrogen and oxygen atoms in total. The largest absolute Gasteiger partial charge is 0.482 e. The van der Waals surface area contributed by atoms with Gasteiger partial charge in [-0.1, -0.05) is 11.6 Å². The monoisotopic (exact) mass is 442 g/mol. The van der Waals surface area contributed by atoms with Gasteiger partial charge in [-0.2, -0.15) is 0 Å². The summed E-state index contributed by atoms with van der Waals surface area (Å²) in [6, 6.07) is 11.3. The third kappa shape index (κ3) is 4.42. The van der Waals surface area contributed by atoms with E-state index in [1.165, 1.54) is 16.2 Å². The molecule has 0 saturated heterocycles. The number of aromatic nitrogens is 1. The second-order valence-electron chi connectivity index (χ2n) is 6.30. The molecule has 0 unspecified atom stereocenters. The third-order valence-electron chi connectivity index (χ3n) is 4.25. The summed E-state index contributed by atoms with van der Waals surface area (Å²) < 4.78 is 5.37. The van der Waals surface area contributed by atoms with E-state index >= 15 is 0 Å². The van der Waals surface area contributed by atoms with Gasteiger partial charge in [-0.05, 0) is 42.5 Å². The Kier molecular flexibility index (Phi) is 5.64. The smallest absolute Gasteiger partial charge is 0.265 e. The molecule has 0 saturated carbocycles. The Bertz CT molecular complexity index is 1100. The molecule has 2 aromatic carbocycles. The standard InChI is InChI=1S/C20H15ClN4O4S/c21-13-3-6-16-15(9-13)25(18(27)11-29-16)10-17(26)23-14-4-1-12(2-5-14)19(28)24-20-22-7-8-30-20/h1-9H,10-11H2,(H,23,26)(H,22,24,28). The molecule has 152 valence electrons. The Morgan fingerprint density at radius 2 is 1.97 bits per heavy atom. The number of carbonyl (C=O) groups excluding carboxylic acids is 3. The molecule has 1 aliphatic heterocycles. The molecule has 1 aromatic heterocycles. The first kappa shape index (κ1) is 19.9. The van der Waals surface area contributed by atoms with Gasteiger partial charge >= 0.3 is 0 Å². The second kappa shape index (κ2) is 8.52. The molecule has 1 aliphatic rings. The minimum Gasteiger partial charge on any atom is -0.482 e. The van der Waals surface area contributed by atoms with Crippen LogP contribution in [0, 0.1) is 0 Å². The Morgan fingerprint density at radius 1 is 1.17 bits per heavy atom. The maximum Gasteiger partial charge on any atom is 0.265 e. The molecule has 3 aromatic rings. The molecule has 3 amide bonds. The van der Waals surface area contributed by atoms with Crippen molar-refractivity contribution in [2.75, 3.05) is 28.7 Å². The predicted octanol–water partition coefficient (Wildman–Crippen LogP) is 3.41. The van der Waals surface area contributed by atoms with E-state index in [1.54, 1.807) is 54.0 Å². The van der Waals surface area contributed by atoms with Crippen molar-refractivity contribution in [2.24, 2.45) is 0 Å². The zero-order chi connectivity index (χ0) is 21.1. The average molecular weight is 443 g/mol. The van der Waals surface area contributed by atoms with Crippen molar-refractivity contribution in [1.29, 1.82) is 0 Å². The molecule has 0 atom stereocenters. The molecule has 4 rings (SSSR count). The normalized spacial score (nSPS) is 12.7. The number of benzene rings is 2.